The molecule has 0 fully saturated rings. The van der Waals surface area contributed by atoms with Crippen molar-refractivity contribution in [3.05, 3.63) is 114 Å². The van der Waals surface area contributed by atoms with E-state index >= 15 is 0 Å². The van der Waals surface area contributed by atoms with Gasteiger partial charge in [-0.2, -0.15) is 5.10 Å². The summed E-state index contributed by atoms with van der Waals surface area (Å²) in [5, 5.41) is 8.14. The summed E-state index contributed by atoms with van der Waals surface area (Å²) in [5.41, 5.74) is 4.46. The smallest absolute Gasteiger partial charge is 0.150 e. The minimum absolute atomic E-state index is 0.139. The number of rotatable bonds is 4. The summed E-state index contributed by atoms with van der Waals surface area (Å²) in [5.74, 6) is 0.876. The van der Waals surface area contributed by atoms with Crippen molar-refractivity contribution >= 4 is 28.5 Å². The molecule has 0 N–H and O–H groups in total. The molecule has 0 amide bonds. The van der Waals surface area contributed by atoms with Crippen molar-refractivity contribution in [3.63, 3.8) is 0 Å². The van der Waals surface area contributed by atoms with Gasteiger partial charge in [0, 0.05) is 11.8 Å². The van der Waals surface area contributed by atoms with Crippen LogP contribution in [-0.2, 0) is 0 Å². The number of pyridine rings is 1. The number of para-hydroxylation sites is 1. The van der Waals surface area contributed by atoms with Crippen molar-refractivity contribution in [3.8, 4) is 0 Å². The Hall–Kier alpha value is -3.72. The van der Waals surface area contributed by atoms with Crippen LogP contribution in [0.3, 0.4) is 0 Å². The van der Waals surface area contributed by atoms with Gasteiger partial charge in [0.1, 0.15) is 5.82 Å². The predicted molar refractivity (Wildman–Crippen MR) is 121 cm³/mol. The van der Waals surface area contributed by atoms with Gasteiger partial charge in [0.05, 0.1) is 17.3 Å². The normalized spacial score (nSPS) is 16.5. The van der Waals surface area contributed by atoms with Crippen LogP contribution in [-0.4, -0.2) is 10.7 Å². The van der Waals surface area contributed by atoms with E-state index in [1.165, 1.54) is 11.1 Å². The zero-order valence-electron chi connectivity index (χ0n) is 16.0. The first-order chi connectivity index (χ1) is 14.4. The Morgan fingerprint density at radius 3 is 2.28 bits per heavy atom. The largest absolute Gasteiger partial charge is 0.240 e. The highest BCUT2D eigenvalue weighted by Gasteiger charge is 2.29. The molecule has 1 aliphatic heterocycles. The van der Waals surface area contributed by atoms with Crippen molar-refractivity contribution < 1.29 is 0 Å². The molecule has 5 rings (SSSR count). The Kier molecular flexibility index (Phi) is 4.63. The maximum Gasteiger partial charge on any atom is 0.150 e. The minimum atomic E-state index is 0.139. The molecule has 0 saturated heterocycles. The number of nitrogens with zero attached hydrogens (tertiary/aromatic N) is 3. The third-order valence-corrected chi connectivity index (χ3v) is 5.20. The molecule has 140 valence electrons. The Labute approximate surface area is 170 Å². The molecular weight excluding hydrogens is 354 g/mol. The van der Waals surface area contributed by atoms with Crippen LogP contribution in [0.1, 0.15) is 23.6 Å². The average molecular weight is 375 g/mol. The van der Waals surface area contributed by atoms with Crippen molar-refractivity contribution in [1.29, 1.82) is 0 Å². The second-order valence-electron chi connectivity index (χ2n) is 7.17. The molecule has 3 heteroatoms. The number of allylic oxidation sites excluding steroid dienone is 1. The summed E-state index contributed by atoms with van der Waals surface area (Å²) in [6.45, 7) is 0. The number of fused-ring (bicyclic) bond motifs is 1. The van der Waals surface area contributed by atoms with Gasteiger partial charge in [0.2, 0.25) is 0 Å². The Morgan fingerprint density at radius 1 is 0.724 bits per heavy atom. The van der Waals surface area contributed by atoms with Crippen LogP contribution in [0.4, 0.5) is 5.82 Å². The molecule has 0 bridgehead atoms. The summed E-state index contributed by atoms with van der Waals surface area (Å²) >= 11 is 0. The van der Waals surface area contributed by atoms with Gasteiger partial charge in [-0.15, -0.1) is 0 Å². The first-order valence-corrected chi connectivity index (χ1v) is 9.87. The lowest BCUT2D eigenvalue weighted by Gasteiger charge is -2.23. The molecule has 0 spiro atoms. The van der Waals surface area contributed by atoms with Crippen LogP contribution < -0.4 is 5.01 Å². The first-order valence-electron chi connectivity index (χ1n) is 9.87. The molecule has 0 aliphatic carbocycles. The summed E-state index contributed by atoms with van der Waals surface area (Å²) in [7, 11) is 0. The molecule has 4 aromatic rings. The van der Waals surface area contributed by atoms with Gasteiger partial charge in [-0.3, -0.25) is 0 Å². The number of benzene rings is 3. The van der Waals surface area contributed by atoms with E-state index in [-0.39, 0.29) is 6.04 Å². The molecule has 1 unspecified atom stereocenters. The monoisotopic (exact) mass is 375 g/mol. The molecule has 3 aromatic carbocycles. The number of aromatic nitrogens is 1. The Bertz CT molecular complexity index is 1180. The molecule has 0 radical (unpaired) electrons. The number of hydrogen-bond acceptors (Lipinski definition) is 3. The Balaban J connectivity index is 1.52. The number of hydrogen-bond donors (Lipinski definition) is 0. The lowest BCUT2D eigenvalue weighted by molar-refractivity contribution is 0.700. The van der Waals surface area contributed by atoms with Crippen molar-refractivity contribution in [2.45, 2.75) is 12.5 Å². The van der Waals surface area contributed by atoms with E-state index in [4.69, 9.17) is 10.1 Å². The quantitative estimate of drug-likeness (QED) is 0.421. The van der Waals surface area contributed by atoms with E-state index in [1.54, 1.807) is 0 Å². The van der Waals surface area contributed by atoms with Crippen LogP contribution in [0.2, 0.25) is 0 Å². The molecule has 29 heavy (non-hydrogen) atoms. The van der Waals surface area contributed by atoms with Gasteiger partial charge in [-0.05, 0) is 35.4 Å². The van der Waals surface area contributed by atoms with Crippen molar-refractivity contribution in [1.82, 2.24) is 4.98 Å². The second kappa shape index (κ2) is 7.72. The zero-order valence-corrected chi connectivity index (χ0v) is 16.0. The molecule has 3 nitrogen and oxygen atoms in total. The van der Waals surface area contributed by atoms with E-state index in [9.17, 15) is 0 Å². The number of hydrazone groups is 1. The molecule has 1 atom stereocenters. The van der Waals surface area contributed by atoms with Crippen LogP contribution >= 0.6 is 0 Å². The predicted octanol–water partition coefficient (Wildman–Crippen LogP) is 6.26. The molecule has 1 aromatic heterocycles. The third-order valence-electron chi connectivity index (χ3n) is 5.20. The lowest BCUT2D eigenvalue weighted by atomic mass is 10.0. The van der Waals surface area contributed by atoms with E-state index in [1.807, 2.05) is 42.5 Å². The highest BCUT2D eigenvalue weighted by molar-refractivity contribution is 6.01. The minimum Gasteiger partial charge on any atom is -0.240 e. The van der Waals surface area contributed by atoms with E-state index in [0.717, 1.165) is 28.9 Å². The van der Waals surface area contributed by atoms with E-state index in [2.05, 4.69) is 71.8 Å². The van der Waals surface area contributed by atoms with Crippen LogP contribution in [0.5, 0.6) is 0 Å². The fourth-order valence-corrected chi connectivity index (χ4v) is 3.72. The first kappa shape index (κ1) is 17.4. The maximum absolute atomic E-state index is 4.94. The van der Waals surface area contributed by atoms with Gasteiger partial charge in [0.15, 0.2) is 0 Å². The fourth-order valence-electron chi connectivity index (χ4n) is 3.72. The molecule has 1 aliphatic rings. The SMILES string of the molecule is C(=C\c1ccccc1)/C1=NN(c2ccc3ccccc3n2)C(c2ccccc2)C1. The van der Waals surface area contributed by atoms with E-state index in [0.29, 0.717) is 0 Å². The summed E-state index contributed by atoms with van der Waals surface area (Å²) in [4.78, 5) is 4.88. The highest BCUT2D eigenvalue weighted by Crippen LogP contribution is 2.35. The summed E-state index contributed by atoms with van der Waals surface area (Å²) in [6, 6.07) is 33.4. The van der Waals surface area contributed by atoms with Crippen LogP contribution in [0, 0.1) is 0 Å². The van der Waals surface area contributed by atoms with Gasteiger partial charge < -0.3 is 0 Å². The average Bonchev–Trinajstić information content (AvgIpc) is 3.23. The summed E-state index contributed by atoms with van der Waals surface area (Å²) < 4.78 is 0. The van der Waals surface area contributed by atoms with Crippen molar-refractivity contribution in [2.24, 2.45) is 5.10 Å². The molecule has 2 heterocycles. The van der Waals surface area contributed by atoms with Gasteiger partial charge >= 0.3 is 0 Å². The summed E-state index contributed by atoms with van der Waals surface area (Å²) in [6.07, 6.45) is 5.09. The van der Waals surface area contributed by atoms with Crippen molar-refractivity contribution in [2.75, 3.05) is 5.01 Å². The number of anilines is 1. The van der Waals surface area contributed by atoms with Crippen LogP contribution in [0.15, 0.2) is 108 Å². The van der Waals surface area contributed by atoms with Crippen LogP contribution in [0.25, 0.3) is 17.0 Å². The van der Waals surface area contributed by atoms with Gasteiger partial charge in [0.25, 0.3) is 0 Å². The lowest BCUT2D eigenvalue weighted by Crippen LogP contribution is -2.19. The standard InChI is InChI=1S/C26H21N3/c1-3-9-20(10-4-1)15-17-23-19-25(22-12-5-2-6-13-22)29(28-23)26-18-16-21-11-7-8-14-24(21)27-26/h1-18,25H,19H2/b17-15+. The topological polar surface area (TPSA) is 28.5 Å². The molecule has 0 saturated carbocycles. The molecular formula is C26H21N3. The zero-order chi connectivity index (χ0) is 19.5. The fraction of sp³-hybridized carbons (Fsp3) is 0.0769. The Morgan fingerprint density at radius 2 is 1.45 bits per heavy atom. The van der Waals surface area contributed by atoms with E-state index < -0.39 is 0 Å². The van der Waals surface area contributed by atoms with Gasteiger partial charge in [-0.25, -0.2) is 9.99 Å². The maximum atomic E-state index is 4.94. The third kappa shape index (κ3) is 3.67. The van der Waals surface area contributed by atoms with Gasteiger partial charge in [-0.1, -0.05) is 84.9 Å². The second-order valence-corrected chi connectivity index (χ2v) is 7.17. The highest BCUT2D eigenvalue weighted by atomic mass is 15.5.